The van der Waals surface area contributed by atoms with Crippen molar-refractivity contribution in [3.8, 4) is 0 Å². The molecule has 1 aliphatic carbocycles. The molecule has 0 amide bonds. The third-order valence-electron chi connectivity index (χ3n) is 4.27. The van der Waals surface area contributed by atoms with Crippen molar-refractivity contribution in [2.45, 2.75) is 57.4 Å². The van der Waals surface area contributed by atoms with E-state index in [2.05, 4.69) is 18.4 Å². The number of likely N-dealkylation sites (N-methyl/N-ethyl adjacent to an activating group) is 1. The molecule has 1 N–H and O–H groups in total. The fourth-order valence-corrected chi connectivity index (χ4v) is 3.27. The Morgan fingerprint density at radius 3 is 2.71 bits per heavy atom. The summed E-state index contributed by atoms with van der Waals surface area (Å²) in [6, 6.07) is 0.608. The molecule has 2 nitrogen and oxygen atoms in total. The normalized spacial score (nSPS) is 25.8. The number of allylic oxidation sites excluding steroid dienone is 1. The van der Waals surface area contributed by atoms with Gasteiger partial charge in [0.15, 0.2) is 0 Å². The van der Waals surface area contributed by atoms with Crippen molar-refractivity contribution in [3.63, 3.8) is 0 Å². The zero-order valence-electron chi connectivity index (χ0n) is 11.2. The van der Waals surface area contributed by atoms with Gasteiger partial charge in [-0.15, -0.1) is 0 Å². The molecule has 1 atom stereocenters. The summed E-state index contributed by atoms with van der Waals surface area (Å²) in [6.45, 7) is 1.91. The van der Waals surface area contributed by atoms with Crippen LogP contribution in [0.25, 0.3) is 0 Å². The highest BCUT2D eigenvalue weighted by Gasteiger charge is 2.25. The van der Waals surface area contributed by atoms with Crippen LogP contribution in [0.5, 0.6) is 0 Å². The average Bonchev–Trinajstić information content (AvgIpc) is 2.34. The van der Waals surface area contributed by atoms with E-state index in [1.165, 1.54) is 51.4 Å². The molecule has 17 heavy (non-hydrogen) atoms. The predicted octanol–water partition coefficient (Wildman–Crippen LogP) is 3.28. The number of ether oxygens (including phenoxy) is 1. The van der Waals surface area contributed by atoms with Gasteiger partial charge in [0.2, 0.25) is 0 Å². The van der Waals surface area contributed by atoms with Crippen molar-refractivity contribution in [3.05, 3.63) is 11.6 Å². The van der Waals surface area contributed by atoms with Crippen LogP contribution < -0.4 is 5.32 Å². The summed E-state index contributed by atoms with van der Waals surface area (Å²) in [4.78, 5) is 0. The van der Waals surface area contributed by atoms with Crippen LogP contribution in [-0.4, -0.2) is 26.3 Å². The molecule has 0 radical (unpaired) electrons. The van der Waals surface area contributed by atoms with E-state index in [0.717, 1.165) is 19.1 Å². The van der Waals surface area contributed by atoms with Crippen LogP contribution in [0.2, 0.25) is 0 Å². The highest BCUT2D eigenvalue weighted by molar-refractivity contribution is 5.13. The molecule has 0 aromatic heterocycles. The molecule has 0 saturated carbocycles. The summed E-state index contributed by atoms with van der Waals surface area (Å²) in [5, 5.41) is 3.57. The quantitative estimate of drug-likeness (QED) is 0.761. The Morgan fingerprint density at radius 2 is 1.94 bits per heavy atom. The minimum atomic E-state index is 0.608. The second-order valence-corrected chi connectivity index (χ2v) is 5.45. The first-order valence-electron chi connectivity index (χ1n) is 7.36. The molecular weight excluding hydrogens is 210 g/mol. The summed E-state index contributed by atoms with van der Waals surface area (Å²) >= 11 is 0. The molecule has 1 saturated heterocycles. The van der Waals surface area contributed by atoms with E-state index in [1.54, 1.807) is 5.57 Å². The van der Waals surface area contributed by atoms with E-state index in [1.807, 2.05) is 0 Å². The molecule has 0 bridgehead atoms. The van der Waals surface area contributed by atoms with Crippen LogP contribution in [0.1, 0.15) is 51.4 Å². The number of hydrogen-bond donors (Lipinski definition) is 1. The first-order chi connectivity index (χ1) is 8.42. The second-order valence-electron chi connectivity index (χ2n) is 5.45. The summed E-state index contributed by atoms with van der Waals surface area (Å²) in [6.07, 6.45) is 13.2. The molecule has 0 spiro atoms. The van der Waals surface area contributed by atoms with Gasteiger partial charge in [-0.25, -0.2) is 0 Å². The molecule has 0 aromatic carbocycles. The molecule has 2 rings (SSSR count). The van der Waals surface area contributed by atoms with Gasteiger partial charge in [-0.2, -0.15) is 0 Å². The van der Waals surface area contributed by atoms with Crippen molar-refractivity contribution in [2.75, 3.05) is 20.3 Å². The lowest BCUT2D eigenvalue weighted by atomic mass is 9.83. The SMILES string of the molecule is CNC(C1=CCCCCCC1)C1CCOCC1. The summed E-state index contributed by atoms with van der Waals surface area (Å²) in [7, 11) is 2.12. The molecule has 2 aliphatic rings. The van der Waals surface area contributed by atoms with E-state index < -0.39 is 0 Å². The Morgan fingerprint density at radius 1 is 1.18 bits per heavy atom. The zero-order valence-corrected chi connectivity index (χ0v) is 11.2. The van der Waals surface area contributed by atoms with Crippen LogP contribution >= 0.6 is 0 Å². The van der Waals surface area contributed by atoms with Crippen molar-refractivity contribution in [1.29, 1.82) is 0 Å². The van der Waals surface area contributed by atoms with Crippen molar-refractivity contribution < 1.29 is 4.74 Å². The Labute approximate surface area is 106 Å². The maximum atomic E-state index is 5.48. The lowest BCUT2D eigenvalue weighted by molar-refractivity contribution is 0.0583. The molecule has 0 aromatic rings. The van der Waals surface area contributed by atoms with Gasteiger partial charge < -0.3 is 10.1 Å². The van der Waals surface area contributed by atoms with Gasteiger partial charge in [-0.05, 0) is 51.5 Å². The van der Waals surface area contributed by atoms with E-state index >= 15 is 0 Å². The Bertz CT molecular complexity index is 243. The monoisotopic (exact) mass is 237 g/mol. The molecule has 2 heteroatoms. The van der Waals surface area contributed by atoms with E-state index in [-0.39, 0.29) is 0 Å². The second kappa shape index (κ2) is 7.17. The average molecular weight is 237 g/mol. The lowest BCUT2D eigenvalue weighted by Crippen LogP contribution is -2.38. The lowest BCUT2D eigenvalue weighted by Gasteiger charge is -2.32. The maximum Gasteiger partial charge on any atom is 0.0469 e. The van der Waals surface area contributed by atoms with E-state index in [0.29, 0.717) is 6.04 Å². The van der Waals surface area contributed by atoms with Gasteiger partial charge in [0.25, 0.3) is 0 Å². The third-order valence-corrected chi connectivity index (χ3v) is 4.27. The molecule has 1 heterocycles. The Balaban J connectivity index is 1.98. The van der Waals surface area contributed by atoms with Crippen LogP contribution in [-0.2, 0) is 4.74 Å². The minimum Gasteiger partial charge on any atom is -0.381 e. The topological polar surface area (TPSA) is 21.3 Å². The fraction of sp³-hybridized carbons (Fsp3) is 0.867. The number of rotatable bonds is 3. The fourth-order valence-electron chi connectivity index (χ4n) is 3.27. The molecular formula is C15H27NO. The Kier molecular flexibility index (Phi) is 5.53. The number of nitrogens with one attached hydrogen (secondary N) is 1. The van der Waals surface area contributed by atoms with E-state index in [9.17, 15) is 0 Å². The highest BCUT2D eigenvalue weighted by Crippen LogP contribution is 2.28. The van der Waals surface area contributed by atoms with Gasteiger partial charge in [-0.1, -0.05) is 24.5 Å². The van der Waals surface area contributed by atoms with Crippen LogP contribution in [0.4, 0.5) is 0 Å². The molecule has 98 valence electrons. The van der Waals surface area contributed by atoms with Gasteiger partial charge in [0.1, 0.15) is 0 Å². The summed E-state index contributed by atoms with van der Waals surface area (Å²) in [5.41, 5.74) is 1.68. The molecule has 1 fully saturated rings. The standard InChI is InChI=1S/C15H27NO/c1-16-15(14-9-11-17-12-10-14)13-7-5-3-2-4-6-8-13/h7,14-16H,2-6,8-12H2,1H3. The largest absolute Gasteiger partial charge is 0.381 e. The van der Waals surface area contributed by atoms with Crippen LogP contribution in [0, 0.1) is 5.92 Å². The van der Waals surface area contributed by atoms with Gasteiger partial charge in [0.05, 0.1) is 0 Å². The van der Waals surface area contributed by atoms with Crippen molar-refractivity contribution in [1.82, 2.24) is 5.32 Å². The van der Waals surface area contributed by atoms with Gasteiger partial charge in [-0.3, -0.25) is 0 Å². The Hall–Kier alpha value is -0.340. The first kappa shape index (κ1) is 13.1. The van der Waals surface area contributed by atoms with Crippen LogP contribution in [0.15, 0.2) is 11.6 Å². The smallest absolute Gasteiger partial charge is 0.0469 e. The van der Waals surface area contributed by atoms with Crippen molar-refractivity contribution in [2.24, 2.45) is 5.92 Å². The molecule has 1 unspecified atom stereocenters. The molecule has 1 aliphatic heterocycles. The number of hydrogen-bond acceptors (Lipinski definition) is 2. The zero-order chi connectivity index (χ0) is 11.9. The summed E-state index contributed by atoms with van der Waals surface area (Å²) < 4.78 is 5.48. The van der Waals surface area contributed by atoms with Gasteiger partial charge in [0, 0.05) is 19.3 Å². The van der Waals surface area contributed by atoms with Gasteiger partial charge >= 0.3 is 0 Å². The van der Waals surface area contributed by atoms with Crippen molar-refractivity contribution >= 4 is 0 Å². The predicted molar refractivity (Wildman–Crippen MR) is 72.2 cm³/mol. The summed E-state index contributed by atoms with van der Waals surface area (Å²) in [5.74, 6) is 0.791. The third kappa shape index (κ3) is 3.82. The van der Waals surface area contributed by atoms with Crippen LogP contribution in [0.3, 0.4) is 0 Å². The maximum absolute atomic E-state index is 5.48. The first-order valence-corrected chi connectivity index (χ1v) is 7.36. The van der Waals surface area contributed by atoms with E-state index in [4.69, 9.17) is 4.74 Å². The highest BCUT2D eigenvalue weighted by atomic mass is 16.5. The minimum absolute atomic E-state index is 0.608.